The van der Waals surface area contributed by atoms with Crippen LogP contribution >= 0.6 is 11.5 Å². The van der Waals surface area contributed by atoms with Gasteiger partial charge in [-0.15, -0.1) is 0 Å². The first kappa shape index (κ1) is 14.5. The number of anilines is 2. The van der Waals surface area contributed by atoms with Gasteiger partial charge in [0.05, 0.1) is 12.4 Å². The number of aromatic nitrogens is 1. The lowest BCUT2D eigenvalue weighted by molar-refractivity contribution is 0.205. The zero-order valence-electron chi connectivity index (χ0n) is 11.1. The molecule has 1 fully saturated rings. The molecule has 1 aliphatic rings. The fourth-order valence-electron chi connectivity index (χ4n) is 1.93. The van der Waals surface area contributed by atoms with E-state index >= 15 is 0 Å². The molecule has 19 heavy (non-hydrogen) atoms. The molecule has 1 heterocycles. The average Bonchev–Trinajstić information content (AvgIpc) is 3.13. The number of nitrogens with two attached hydrogens (primary N) is 1. The van der Waals surface area contributed by atoms with Gasteiger partial charge in [-0.05, 0) is 24.4 Å². The molecule has 1 aromatic rings. The second-order valence-corrected chi connectivity index (χ2v) is 7.49. The molecule has 6 nitrogen and oxygen atoms in total. The summed E-state index contributed by atoms with van der Waals surface area (Å²) in [4.78, 5) is 2.27. The Balaban J connectivity index is 2.37. The lowest BCUT2D eigenvalue weighted by Gasteiger charge is -2.23. The van der Waals surface area contributed by atoms with Gasteiger partial charge in [0, 0.05) is 19.7 Å². The van der Waals surface area contributed by atoms with Crippen molar-refractivity contribution in [2.45, 2.75) is 30.7 Å². The molecule has 0 aromatic carbocycles. The van der Waals surface area contributed by atoms with Gasteiger partial charge in [0.25, 0.3) is 0 Å². The van der Waals surface area contributed by atoms with Crippen molar-refractivity contribution < 1.29 is 13.2 Å². The zero-order valence-corrected chi connectivity index (χ0v) is 12.8. The molecule has 0 unspecified atom stereocenters. The van der Waals surface area contributed by atoms with Gasteiger partial charge in [0.1, 0.15) is 9.90 Å². The van der Waals surface area contributed by atoms with Crippen LogP contribution < -0.4 is 10.6 Å². The molecule has 1 aromatic heterocycles. The number of ether oxygens (including phenoxy) is 1. The van der Waals surface area contributed by atoms with Crippen molar-refractivity contribution in [3.8, 4) is 0 Å². The Kier molecular flexibility index (Phi) is 4.32. The molecule has 0 bridgehead atoms. The van der Waals surface area contributed by atoms with Crippen molar-refractivity contribution in [1.29, 1.82) is 0 Å². The number of methoxy groups -OCH3 is 1. The van der Waals surface area contributed by atoms with Crippen LogP contribution in [0.25, 0.3) is 0 Å². The van der Waals surface area contributed by atoms with E-state index in [-0.39, 0.29) is 16.5 Å². The summed E-state index contributed by atoms with van der Waals surface area (Å²) in [6, 6.07) is 0.390. The van der Waals surface area contributed by atoms with Gasteiger partial charge in [-0.1, -0.05) is 6.92 Å². The molecule has 0 radical (unpaired) electrons. The molecule has 0 amide bonds. The first-order valence-electron chi connectivity index (χ1n) is 6.24. The van der Waals surface area contributed by atoms with Gasteiger partial charge in [-0.25, -0.2) is 8.42 Å². The molecule has 1 aliphatic carbocycles. The van der Waals surface area contributed by atoms with Gasteiger partial charge < -0.3 is 15.4 Å². The first-order valence-corrected chi connectivity index (χ1v) is 8.67. The van der Waals surface area contributed by atoms with Crippen molar-refractivity contribution in [2.75, 3.05) is 36.6 Å². The number of nitrogen functional groups attached to an aromatic ring is 1. The summed E-state index contributed by atoms with van der Waals surface area (Å²) >= 11 is 1.16. The van der Waals surface area contributed by atoms with Crippen LogP contribution in [0.3, 0.4) is 0 Å². The van der Waals surface area contributed by atoms with Crippen molar-refractivity contribution in [3.63, 3.8) is 0 Å². The maximum atomic E-state index is 12.2. The molecule has 2 N–H and O–H groups in total. The summed E-state index contributed by atoms with van der Waals surface area (Å²) < 4.78 is 33.4. The van der Waals surface area contributed by atoms with E-state index in [9.17, 15) is 8.42 Å². The summed E-state index contributed by atoms with van der Waals surface area (Å²) in [5, 5.41) is 0.666. The maximum absolute atomic E-state index is 12.2. The van der Waals surface area contributed by atoms with Crippen LogP contribution in [0.1, 0.15) is 19.8 Å². The third kappa shape index (κ3) is 3.01. The molecule has 2 rings (SSSR count). The lowest BCUT2D eigenvalue weighted by Crippen LogP contribution is -2.30. The van der Waals surface area contributed by atoms with Gasteiger partial charge in [0.2, 0.25) is 0 Å². The van der Waals surface area contributed by atoms with E-state index in [0.717, 1.165) is 24.4 Å². The molecule has 1 saturated carbocycles. The number of hydrogen-bond donors (Lipinski definition) is 1. The summed E-state index contributed by atoms with van der Waals surface area (Å²) in [7, 11) is -1.72. The van der Waals surface area contributed by atoms with Crippen molar-refractivity contribution in [2.24, 2.45) is 0 Å². The fraction of sp³-hybridized carbons (Fsp3) is 0.727. The summed E-state index contributed by atoms with van der Waals surface area (Å²) in [6.07, 6.45) is 2.15. The average molecular weight is 305 g/mol. The second-order valence-electron chi connectivity index (χ2n) is 4.52. The summed E-state index contributed by atoms with van der Waals surface area (Å²) in [6.45, 7) is 2.84. The largest absolute Gasteiger partial charge is 0.383 e. The van der Waals surface area contributed by atoms with Gasteiger partial charge in [-0.3, -0.25) is 0 Å². The summed E-state index contributed by atoms with van der Waals surface area (Å²) in [5.41, 5.74) is 5.75. The van der Waals surface area contributed by atoms with Gasteiger partial charge in [-0.2, -0.15) is 4.37 Å². The lowest BCUT2D eigenvalue weighted by atomic mass is 10.4. The predicted octanol–water partition coefficient (Wildman–Crippen LogP) is 1.13. The standard InChI is InChI=1S/C11H19N3O3S2/c1-3-19(15,16)9-10(12)13-18-11(9)14(6-7-17-2)8-4-5-8/h8H,3-7H2,1-2H3,(H2,12,13). The zero-order chi connectivity index (χ0) is 14.0. The van der Waals surface area contributed by atoms with Crippen LogP contribution in [0.4, 0.5) is 10.8 Å². The fourth-order valence-corrected chi connectivity index (χ4v) is 4.33. The van der Waals surface area contributed by atoms with E-state index in [1.54, 1.807) is 14.0 Å². The Morgan fingerprint density at radius 2 is 2.21 bits per heavy atom. The third-order valence-corrected chi connectivity index (χ3v) is 5.95. The molecular weight excluding hydrogens is 286 g/mol. The van der Waals surface area contributed by atoms with Crippen LogP contribution in [0.2, 0.25) is 0 Å². The van der Waals surface area contributed by atoms with E-state index in [1.807, 2.05) is 0 Å². The Labute approximate surface area is 117 Å². The minimum Gasteiger partial charge on any atom is -0.383 e. The number of nitrogens with zero attached hydrogens (tertiary/aromatic N) is 2. The molecule has 0 saturated heterocycles. The summed E-state index contributed by atoms with van der Waals surface area (Å²) in [5.74, 6) is 0.149. The van der Waals surface area contributed by atoms with E-state index in [1.165, 1.54) is 0 Å². The van der Waals surface area contributed by atoms with Crippen LogP contribution in [-0.2, 0) is 14.6 Å². The molecule has 8 heteroatoms. The Bertz CT molecular complexity index is 537. The normalized spacial score (nSPS) is 15.7. The number of sulfone groups is 1. The van der Waals surface area contributed by atoms with Crippen LogP contribution in [0.15, 0.2) is 4.90 Å². The Hall–Kier alpha value is -0.860. The quantitative estimate of drug-likeness (QED) is 0.813. The highest BCUT2D eigenvalue weighted by molar-refractivity contribution is 7.91. The number of rotatable bonds is 7. The molecular formula is C11H19N3O3S2. The van der Waals surface area contributed by atoms with Gasteiger partial charge in [0.15, 0.2) is 15.7 Å². The second kappa shape index (κ2) is 5.64. The van der Waals surface area contributed by atoms with Crippen LogP contribution in [0.5, 0.6) is 0 Å². The SMILES string of the molecule is CCS(=O)(=O)c1c(N)nsc1N(CCOC)C1CC1. The van der Waals surface area contributed by atoms with E-state index < -0.39 is 9.84 Å². The van der Waals surface area contributed by atoms with E-state index in [0.29, 0.717) is 24.2 Å². The van der Waals surface area contributed by atoms with E-state index in [4.69, 9.17) is 10.5 Å². The van der Waals surface area contributed by atoms with Gasteiger partial charge >= 0.3 is 0 Å². The number of hydrogen-bond acceptors (Lipinski definition) is 7. The minimum absolute atomic E-state index is 0.0331. The first-order chi connectivity index (χ1) is 9.01. The highest BCUT2D eigenvalue weighted by Crippen LogP contribution is 2.40. The van der Waals surface area contributed by atoms with Crippen molar-refractivity contribution in [1.82, 2.24) is 4.37 Å². The Morgan fingerprint density at radius 1 is 1.53 bits per heavy atom. The molecule has 108 valence electrons. The Morgan fingerprint density at radius 3 is 2.74 bits per heavy atom. The van der Waals surface area contributed by atoms with Crippen LogP contribution in [0, 0.1) is 0 Å². The van der Waals surface area contributed by atoms with E-state index in [2.05, 4.69) is 9.27 Å². The predicted molar refractivity (Wildman–Crippen MR) is 76.5 cm³/mol. The third-order valence-electron chi connectivity index (χ3n) is 3.13. The minimum atomic E-state index is -3.35. The molecule has 0 atom stereocenters. The smallest absolute Gasteiger partial charge is 0.184 e. The topological polar surface area (TPSA) is 85.5 Å². The highest BCUT2D eigenvalue weighted by atomic mass is 32.2. The maximum Gasteiger partial charge on any atom is 0.184 e. The van der Waals surface area contributed by atoms with Crippen LogP contribution in [-0.4, -0.2) is 44.8 Å². The van der Waals surface area contributed by atoms with Crippen molar-refractivity contribution in [3.05, 3.63) is 0 Å². The van der Waals surface area contributed by atoms with Crippen molar-refractivity contribution >= 4 is 32.2 Å². The highest BCUT2D eigenvalue weighted by Gasteiger charge is 2.35. The molecule has 0 spiro atoms. The molecule has 0 aliphatic heterocycles. The monoisotopic (exact) mass is 305 g/mol.